The molecule has 4 fully saturated rings. The smallest absolute Gasteiger partial charge is 0.309 e. The molecule has 140 valence electrons. The maximum Gasteiger partial charge on any atom is 0.309 e. The summed E-state index contributed by atoms with van der Waals surface area (Å²) < 4.78 is 5.69. The molecule has 0 spiro atoms. The number of hydrogen-bond donors (Lipinski definition) is 0. The summed E-state index contributed by atoms with van der Waals surface area (Å²) in [5.41, 5.74) is 0. The summed E-state index contributed by atoms with van der Waals surface area (Å²) >= 11 is 0. The van der Waals surface area contributed by atoms with Gasteiger partial charge in [-0.05, 0) is 64.3 Å². The molecule has 0 aromatic rings. The van der Waals surface area contributed by atoms with E-state index in [1.54, 1.807) is 0 Å². The SMILES string of the molecule is C[C@@H]1OC(=O)[C@H]2C[C@H]3CCCCC3[C@@H](C=C[C@H]3CCC[C@H](C)N3C)[C@@H]12. The van der Waals surface area contributed by atoms with Crippen LogP contribution in [-0.4, -0.2) is 36.1 Å². The van der Waals surface area contributed by atoms with E-state index < -0.39 is 0 Å². The zero-order chi connectivity index (χ0) is 17.6. The van der Waals surface area contributed by atoms with Crippen LogP contribution in [0.25, 0.3) is 0 Å². The lowest BCUT2D eigenvalue weighted by atomic mass is 9.57. The van der Waals surface area contributed by atoms with Crippen molar-refractivity contribution in [3.8, 4) is 0 Å². The molecule has 8 atom stereocenters. The van der Waals surface area contributed by atoms with E-state index in [1.807, 2.05) is 0 Å². The van der Waals surface area contributed by atoms with Gasteiger partial charge in [0.1, 0.15) is 6.10 Å². The van der Waals surface area contributed by atoms with Crippen LogP contribution in [0, 0.1) is 29.6 Å². The van der Waals surface area contributed by atoms with Gasteiger partial charge in [-0.3, -0.25) is 9.69 Å². The lowest BCUT2D eigenvalue weighted by Crippen LogP contribution is -2.44. The van der Waals surface area contributed by atoms with Gasteiger partial charge >= 0.3 is 5.97 Å². The van der Waals surface area contributed by atoms with Gasteiger partial charge in [-0.2, -0.15) is 0 Å². The largest absolute Gasteiger partial charge is 0.462 e. The maximum atomic E-state index is 12.4. The summed E-state index contributed by atoms with van der Waals surface area (Å²) in [4.78, 5) is 14.9. The predicted molar refractivity (Wildman–Crippen MR) is 100 cm³/mol. The molecule has 2 heterocycles. The number of likely N-dealkylation sites (N-methyl/N-ethyl adjacent to an activating group) is 1. The van der Waals surface area contributed by atoms with Crippen molar-refractivity contribution in [2.24, 2.45) is 29.6 Å². The van der Waals surface area contributed by atoms with E-state index in [4.69, 9.17) is 4.74 Å². The first-order valence-corrected chi connectivity index (χ1v) is 10.7. The lowest BCUT2D eigenvalue weighted by Gasteiger charge is -2.46. The van der Waals surface area contributed by atoms with Gasteiger partial charge in [0.2, 0.25) is 0 Å². The Hall–Kier alpha value is -0.830. The van der Waals surface area contributed by atoms with Crippen molar-refractivity contribution in [1.82, 2.24) is 4.90 Å². The van der Waals surface area contributed by atoms with Crippen LogP contribution in [0.15, 0.2) is 12.2 Å². The maximum absolute atomic E-state index is 12.4. The third-order valence-corrected chi connectivity index (χ3v) is 7.97. The Morgan fingerprint density at radius 2 is 1.84 bits per heavy atom. The number of ether oxygens (including phenoxy) is 1. The van der Waals surface area contributed by atoms with E-state index in [0.29, 0.717) is 23.9 Å². The third-order valence-electron chi connectivity index (χ3n) is 7.97. The summed E-state index contributed by atoms with van der Waals surface area (Å²) in [5, 5.41) is 0. The van der Waals surface area contributed by atoms with Gasteiger partial charge in [0.15, 0.2) is 0 Å². The van der Waals surface area contributed by atoms with Gasteiger partial charge in [-0.1, -0.05) is 37.8 Å². The van der Waals surface area contributed by atoms with Gasteiger partial charge in [-0.15, -0.1) is 0 Å². The van der Waals surface area contributed by atoms with Crippen LogP contribution in [0.5, 0.6) is 0 Å². The number of esters is 1. The average Bonchev–Trinajstić information content (AvgIpc) is 2.89. The topological polar surface area (TPSA) is 29.5 Å². The highest BCUT2D eigenvalue weighted by atomic mass is 16.6. The molecule has 2 saturated heterocycles. The number of cyclic esters (lactones) is 1. The van der Waals surface area contributed by atoms with Crippen LogP contribution in [0.2, 0.25) is 0 Å². The number of rotatable bonds is 2. The molecule has 4 rings (SSSR count). The molecular weight excluding hydrogens is 310 g/mol. The highest BCUT2D eigenvalue weighted by molar-refractivity contribution is 5.75. The fourth-order valence-corrected chi connectivity index (χ4v) is 6.43. The fourth-order valence-electron chi connectivity index (χ4n) is 6.43. The molecule has 0 radical (unpaired) electrons. The van der Waals surface area contributed by atoms with Crippen molar-refractivity contribution in [2.75, 3.05) is 7.05 Å². The standard InChI is InChI=1S/C22H35NO2/c1-14-7-6-9-17(23(14)3)11-12-19-18-10-5-4-8-16(18)13-20-21(19)15(2)25-22(20)24/h11-12,14-21H,4-10,13H2,1-3H3/t14-,15-,16+,17+,18?,19+,20-,21+/m0/s1. The second-order valence-electron chi connectivity index (χ2n) is 9.24. The minimum absolute atomic E-state index is 0.0864. The Morgan fingerprint density at radius 1 is 1.04 bits per heavy atom. The number of carbonyl (C=O) groups excluding carboxylic acids is 1. The first kappa shape index (κ1) is 17.6. The van der Waals surface area contributed by atoms with Crippen molar-refractivity contribution >= 4 is 5.97 Å². The van der Waals surface area contributed by atoms with E-state index >= 15 is 0 Å². The summed E-state index contributed by atoms with van der Waals surface area (Å²) in [6.45, 7) is 4.47. The lowest BCUT2D eigenvalue weighted by molar-refractivity contribution is -0.144. The zero-order valence-electron chi connectivity index (χ0n) is 16.2. The molecule has 2 aliphatic carbocycles. The van der Waals surface area contributed by atoms with Crippen LogP contribution in [-0.2, 0) is 9.53 Å². The molecule has 2 saturated carbocycles. The molecule has 0 bridgehead atoms. The molecular formula is C22H35NO2. The van der Waals surface area contributed by atoms with Gasteiger partial charge in [0.05, 0.1) is 5.92 Å². The molecule has 4 aliphatic rings. The van der Waals surface area contributed by atoms with E-state index in [0.717, 1.165) is 18.3 Å². The second-order valence-corrected chi connectivity index (χ2v) is 9.24. The Bertz CT molecular complexity index is 530. The van der Waals surface area contributed by atoms with E-state index in [2.05, 4.69) is 37.9 Å². The number of piperidine rings is 1. The Labute approximate surface area is 153 Å². The van der Waals surface area contributed by atoms with Gasteiger partial charge in [0.25, 0.3) is 0 Å². The molecule has 3 heteroatoms. The Morgan fingerprint density at radius 3 is 2.68 bits per heavy atom. The van der Waals surface area contributed by atoms with Crippen molar-refractivity contribution in [3.05, 3.63) is 12.2 Å². The summed E-state index contributed by atoms with van der Waals surface area (Å²) in [6, 6.07) is 1.25. The average molecular weight is 346 g/mol. The number of hydrogen-bond acceptors (Lipinski definition) is 3. The second kappa shape index (κ2) is 7.06. The molecule has 25 heavy (non-hydrogen) atoms. The molecule has 2 aliphatic heterocycles. The van der Waals surface area contributed by atoms with E-state index in [9.17, 15) is 4.79 Å². The highest BCUT2D eigenvalue weighted by Crippen LogP contribution is 2.53. The van der Waals surface area contributed by atoms with Crippen molar-refractivity contribution in [2.45, 2.75) is 83.4 Å². The molecule has 1 unspecified atom stereocenters. The predicted octanol–water partition coefficient (Wildman–Crippen LogP) is 4.42. The van der Waals surface area contributed by atoms with E-state index in [1.165, 1.54) is 44.9 Å². The number of carbonyl (C=O) groups is 1. The number of likely N-dealkylation sites (tertiary alicyclic amines) is 1. The first-order valence-electron chi connectivity index (χ1n) is 10.7. The monoisotopic (exact) mass is 345 g/mol. The van der Waals surface area contributed by atoms with Crippen LogP contribution in [0.1, 0.15) is 65.2 Å². The zero-order valence-corrected chi connectivity index (χ0v) is 16.2. The van der Waals surface area contributed by atoms with Gasteiger partial charge in [-0.25, -0.2) is 0 Å². The molecule has 0 N–H and O–H groups in total. The first-order chi connectivity index (χ1) is 12.1. The van der Waals surface area contributed by atoms with Crippen LogP contribution in [0.3, 0.4) is 0 Å². The number of nitrogens with zero attached hydrogens (tertiary/aromatic N) is 1. The van der Waals surface area contributed by atoms with Crippen molar-refractivity contribution in [3.63, 3.8) is 0 Å². The Balaban J connectivity index is 1.57. The quantitative estimate of drug-likeness (QED) is 0.548. The minimum atomic E-state index is 0.0864. The van der Waals surface area contributed by atoms with Crippen LogP contribution >= 0.6 is 0 Å². The van der Waals surface area contributed by atoms with Gasteiger partial charge < -0.3 is 4.74 Å². The summed E-state index contributed by atoms with van der Waals surface area (Å²) in [6.07, 6.45) is 15.5. The normalized spacial score (nSPS) is 48.2. The third kappa shape index (κ3) is 3.18. The van der Waals surface area contributed by atoms with Crippen molar-refractivity contribution < 1.29 is 9.53 Å². The summed E-state index contributed by atoms with van der Waals surface area (Å²) in [7, 11) is 2.27. The van der Waals surface area contributed by atoms with Crippen LogP contribution < -0.4 is 0 Å². The highest BCUT2D eigenvalue weighted by Gasteiger charge is 2.53. The minimum Gasteiger partial charge on any atom is -0.462 e. The van der Waals surface area contributed by atoms with Crippen LogP contribution in [0.4, 0.5) is 0 Å². The molecule has 0 aromatic carbocycles. The molecule has 0 amide bonds. The fraction of sp³-hybridized carbons (Fsp3) is 0.864. The van der Waals surface area contributed by atoms with Gasteiger partial charge in [0, 0.05) is 18.0 Å². The number of allylic oxidation sites excluding steroid dienone is 1. The van der Waals surface area contributed by atoms with E-state index in [-0.39, 0.29) is 18.0 Å². The summed E-state index contributed by atoms with van der Waals surface area (Å²) in [5.74, 6) is 2.71. The Kier molecular flexibility index (Phi) is 4.96. The number of fused-ring (bicyclic) bond motifs is 2. The molecule has 0 aromatic heterocycles. The van der Waals surface area contributed by atoms with Crippen molar-refractivity contribution in [1.29, 1.82) is 0 Å². The molecule has 3 nitrogen and oxygen atoms in total.